The van der Waals surface area contributed by atoms with E-state index in [4.69, 9.17) is 0 Å². The Balaban J connectivity index is 2.18. The van der Waals surface area contributed by atoms with Gasteiger partial charge in [-0.25, -0.2) is 0 Å². The highest BCUT2D eigenvalue weighted by atomic mass is 32.2. The van der Waals surface area contributed by atoms with Crippen LogP contribution < -0.4 is 5.32 Å². The summed E-state index contributed by atoms with van der Waals surface area (Å²) in [4.78, 5) is 11.8. The van der Waals surface area contributed by atoms with Crippen molar-refractivity contribution in [1.29, 1.82) is 0 Å². The van der Waals surface area contributed by atoms with Crippen LogP contribution in [0.25, 0.3) is 0 Å². The van der Waals surface area contributed by atoms with Gasteiger partial charge in [-0.2, -0.15) is 0 Å². The number of hydrogen-bond acceptors (Lipinski definition) is 2. The van der Waals surface area contributed by atoms with Crippen molar-refractivity contribution in [3.63, 3.8) is 0 Å². The molecule has 74 valence electrons. The van der Waals surface area contributed by atoms with E-state index in [2.05, 4.69) is 19.2 Å². The number of hydrogen-bond donors (Lipinski definition) is 1. The molecule has 2 aliphatic rings. The Morgan fingerprint density at radius 3 is 2.31 bits per heavy atom. The first-order chi connectivity index (χ1) is 6.04. The molecule has 13 heavy (non-hydrogen) atoms. The summed E-state index contributed by atoms with van der Waals surface area (Å²) in [5.74, 6) is 0.280. The average Bonchev–Trinajstić information content (AvgIpc) is 2.23. The standard InChI is InChI=1S/C10H17NOS/c1-9(2)11-8(12)10(13-9)6-4-3-5-7-10/h3-7H2,1-2H3,(H,11,12). The van der Waals surface area contributed by atoms with Crippen LogP contribution in [0.15, 0.2) is 0 Å². The third-order valence-electron chi connectivity index (χ3n) is 2.94. The lowest BCUT2D eigenvalue weighted by Crippen LogP contribution is -2.39. The first-order valence-electron chi connectivity index (χ1n) is 5.07. The molecule has 2 rings (SSSR count). The highest BCUT2D eigenvalue weighted by Gasteiger charge is 2.50. The van der Waals surface area contributed by atoms with Gasteiger partial charge >= 0.3 is 0 Å². The molecule has 0 radical (unpaired) electrons. The second-order valence-corrected chi connectivity index (χ2v) is 6.63. The van der Waals surface area contributed by atoms with E-state index in [0.29, 0.717) is 0 Å². The van der Waals surface area contributed by atoms with Crippen molar-refractivity contribution in [2.75, 3.05) is 0 Å². The van der Waals surface area contributed by atoms with Crippen LogP contribution in [0.4, 0.5) is 0 Å². The minimum Gasteiger partial charge on any atom is -0.341 e. The van der Waals surface area contributed by atoms with Gasteiger partial charge in [0.05, 0.1) is 9.62 Å². The molecule has 3 heteroatoms. The molecule has 1 amide bonds. The fraction of sp³-hybridized carbons (Fsp3) is 0.900. The van der Waals surface area contributed by atoms with Crippen molar-refractivity contribution >= 4 is 17.7 Å². The van der Waals surface area contributed by atoms with Crippen molar-refractivity contribution in [3.05, 3.63) is 0 Å². The predicted octanol–water partition coefficient (Wildman–Crippen LogP) is 2.29. The molecule has 1 aliphatic heterocycles. The lowest BCUT2D eigenvalue weighted by atomic mass is 9.87. The molecule has 1 N–H and O–H groups in total. The summed E-state index contributed by atoms with van der Waals surface area (Å²) in [5.41, 5.74) is 0. The van der Waals surface area contributed by atoms with E-state index in [1.165, 1.54) is 19.3 Å². The van der Waals surface area contributed by atoms with E-state index in [9.17, 15) is 4.79 Å². The highest BCUT2D eigenvalue weighted by Crippen LogP contribution is 2.49. The Bertz CT molecular complexity index is 231. The second-order valence-electron chi connectivity index (χ2n) is 4.62. The zero-order valence-electron chi connectivity index (χ0n) is 8.35. The summed E-state index contributed by atoms with van der Waals surface area (Å²) in [5, 5.41) is 3.08. The molecule has 1 saturated carbocycles. The van der Waals surface area contributed by atoms with Gasteiger partial charge in [-0.15, -0.1) is 11.8 Å². The number of carbonyl (C=O) groups is 1. The van der Waals surface area contributed by atoms with Crippen LogP contribution >= 0.6 is 11.8 Å². The lowest BCUT2D eigenvalue weighted by molar-refractivity contribution is -0.123. The zero-order valence-corrected chi connectivity index (χ0v) is 9.17. The van der Waals surface area contributed by atoms with Gasteiger partial charge in [0.25, 0.3) is 0 Å². The van der Waals surface area contributed by atoms with Crippen LogP contribution in [0.1, 0.15) is 46.0 Å². The van der Waals surface area contributed by atoms with E-state index < -0.39 is 0 Å². The Morgan fingerprint density at radius 2 is 1.85 bits per heavy atom. The molecule has 0 aromatic heterocycles. The second kappa shape index (κ2) is 2.91. The molecule has 1 heterocycles. The molecule has 0 aromatic carbocycles. The molecule has 0 unspecified atom stereocenters. The molecule has 2 fully saturated rings. The first-order valence-corrected chi connectivity index (χ1v) is 5.89. The number of thioether (sulfide) groups is 1. The summed E-state index contributed by atoms with van der Waals surface area (Å²) in [7, 11) is 0. The molecule has 1 saturated heterocycles. The first kappa shape index (κ1) is 9.38. The fourth-order valence-corrected chi connectivity index (χ4v) is 4.16. The van der Waals surface area contributed by atoms with Crippen LogP contribution in [0.5, 0.6) is 0 Å². The van der Waals surface area contributed by atoms with E-state index in [-0.39, 0.29) is 15.5 Å². The summed E-state index contributed by atoms with van der Waals surface area (Å²) in [6.45, 7) is 4.19. The largest absolute Gasteiger partial charge is 0.341 e. The van der Waals surface area contributed by atoms with Crippen molar-refractivity contribution in [3.8, 4) is 0 Å². The van der Waals surface area contributed by atoms with Gasteiger partial charge in [0, 0.05) is 0 Å². The quantitative estimate of drug-likeness (QED) is 0.648. The Labute approximate surface area is 83.8 Å². The minimum absolute atomic E-state index is 0.0472. The molecule has 0 atom stereocenters. The Kier molecular flexibility index (Phi) is 2.10. The van der Waals surface area contributed by atoms with Crippen LogP contribution in [0.3, 0.4) is 0 Å². The molecule has 0 bridgehead atoms. The molecule has 1 spiro atoms. The molecular formula is C10H17NOS. The SMILES string of the molecule is CC1(C)NC(=O)C2(CCCCC2)S1. The van der Waals surface area contributed by atoms with Gasteiger partial charge in [-0.1, -0.05) is 19.3 Å². The van der Waals surface area contributed by atoms with Gasteiger partial charge in [0.1, 0.15) is 0 Å². The molecular weight excluding hydrogens is 182 g/mol. The van der Waals surface area contributed by atoms with Crippen molar-refractivity contribution in [1.82, 2.24) is 5.32 Å². The van der Waals surface area contributed by atoms with Crippen LogP contribution in [0, 0.1) is 0 Å². The van der Waals surface area contributed by atoms with E-state index in [1.54, 1.807) is 0 Å². The number of nitrogens with one attached hydrogen (secondary N) is 1. The Morgan fingerprint density at radius 1 is 1.23 bits per heavy atom. The normalized spacial score (nSPS) is 30.5. The maximum atomic E-state index is 11.8. The third kappa shape index (κ3) is 1.58. The predicted molar refractivity (Wildman–Crippen MR) is 55.6 cm³/mol. The minimum atomic E-state index is -0.0677. The topological polar surface area (TPSA) is 29.1 Å². The number of amides is 1. The van der Waals surface area contributed by atoms with Crippen LogP contribution in [0.2, 0.25) is 0 Å². The van der Waals surface area contributed by atoms with Gasteiger partial charge < -0.3 is 5.32 Å². The van der Waals surface area contributed by atoms with Crippen molar-refractivity contribution < 1.29 is 4.79 Å². The monoisotopic (exact) mass is 199 g/mol. The van der Waals surface area contributed by atoms with Crippen molar-refractivity contribution in [2.24, 2.45) is 0 Å². The smallest absolute Gasteiger partial charge is 0.237 e. The van der Waals surface area contributed by atoms with Gasteiger partial charge in [-0.3, -0.25) is 4.79 Å². The van der Waals surface area contributed by atoms with E-state index >= 15 is 0 Å². The summed E-state index contributed by atoms with van der Waals surface area (Å²) in [6.07, 6.45) is 5.89. The zero-order chi connectivity index (χ0) is 9.53. The number of rotatable bonds is 0. The number of carbonyl (C=O) groups excluding carboxylic acids is 1. The third-order valence-corrected chi connectivity index (χ3v) is 4.54. The van der Waals surface area contributed by atoms with Crippen molar-refractivity contribution in [2.45, 2.75) is 55.6 Å². The summed E-state index contributed by atoms with van der Waals surface area (Å²) < 4.78 is -0.0677. The maximum absolute atomic E-state index is 11.8. The van der Waals surface area contributed by atoms with Gasteiger partial charge in [0.15, 0.2) is 0 Å². The summed E-state index contributed by atoms with van der Waals surface area (Å²) in [6, 6.07) is 0. The van der Waals surface area contributed by atoms with E-state index in [0.717, 1.165) is 12.8 Å². The van der Waals surface area contributed by atoms with Gasteiger partial charge in [0.2, 0.25) is 5.91 Å². The Hall–Kier alpha value is -0.180. The van der Waals surface area contributed by atoms with Crippen LogP contribution in [-0.2, 0) is 4.79 Å². The van der Waals surface area contributed by atoms with E-state index in [1.807, 2.05) is 11.8 Å². The molecule has 2 nitrogen and oxygen atoms in total. The van der Waals surface area contributed by atoms with Gasteiger partial charge in [-0.05, 0) is 26.7 Å². The summed E-state index contributed by atoms with van der Waals surface area (Å²) >= 11 is 1.84. The molecule has 0 aromatic rings. The lowest BCUT2D eigenvalue weighted by Gasteiger charge is -2.30. The highest BCUT2D eigenvalue weighted by molar-refractivity contribution is 8.03. The maximum Gasteiger partial charge on any atom is 0.237 e. The molecule has 1 aliphatic carbocycles. The van der Waals surface area contributed by atoms with Crippen LogP contribution in [-0.4, -0.2) is 15.5 Å². The average molecular weight is 199 g/mol. The fourth-order valence-electron chi connectivity index (χ4n) is 2.40.